The van der Waals surface area contributed by atoms with Crippen LogP contribution in [0.3, 0.4) is 0 Å². The van der Waals surface area contributed by atoms with Crippen LogP contribution in [0.25, 0.3) is 0 Å². The SMILES string of the molecule is COC(=O)c1ccc(N2C(=O)C(Cl)=C(Nc3cccc(C(=O)Nc4ccc(C(C)C)cc4)c3)C2=O)cc1. The Labute approximate surface area is 218 Å². The van der Waals surface area contributed by atoms with Gasteiger partial charge in [0, 0.05) is 16.9 Å². The molecule has 37 heavy (non-hydrogen) atoms. The van der Waals surface area contributed by atoms with E-state index in [4.69, 9.17) is 11.6 Å². The number of benzene rings is 3. The Hall–Kier alpha value is -4.43. The Bertz CT molecular complexity index is 1410. The molecule has 0 saturated carbocycles. The molecule has 0 saturated heterocycles. The Balaban J connectivity index is 1.49. The van der Waals surface area contributed by atoms with Crippen molar-refractivity contribution >= 4 is 52.4 Å². The van der Waals surface area contributed by atoms with Crippen molar-refractivity contribution in [2.75, 3.05) is 22.6 Å². The van der Waals surface area contributed by atoms with Crippen LogP contribution in [0, 0.1) is 0 Å². The molecule has 0 atom stereocenters. The quantitative estimate of drug-likeness (QED) is 0.326. The highest BCUT2D eigenvalue weighted by Gasteiger charge is 2.39. The van der Waals surface area contributed by atoms with Crippen molar-refractivity contribution in [2.45, 2.75) is 19.8 Å². The molecule has 188 valence electrons. The topological polar surface area (TPSA) is 105 Å². The molecule has 0 fully saturated rings. The number of hydrogen-bond acceptors (Lipinski definition) is 6. The molecule has 3 amide bonds. The maximum absolute atomic E-state index is 13.1. The van der Waals surface area contributed by atoms with Gasteiger partial charge in [-0.25, -0.2) is 9.69 Å². The van der Waals surface area contributed by atoms with Crippen molar-refractivity contribution in [2.24, 2.45) is 0 Å². The summed E-state index contributed by atoms with van der Waals surface area (Å²) < 4.78 is 4.66. The van der Waals surface area contributed by atoms with Gasteiger partial charge >= 0.3 is 5.97 Å². The average molecular weight is 518 g/mol. The third-order valence-corrected chi connectivity index (χ3v) is 6.15. The van der Waals surface area contributed by atoms with E-state index in [0.717, 1.165) is 4.90 Å². The van der Waals surface area contributed by atoms with Gasteiger partial charge in [0.2, 0.25) is 0 Å². The molecule has 3 aromatic carbocycles. The highest BCUT2D eigenvalue weighted by Crippen LogP contribution is 2.30. The van der Waals surface area contributed by atoms with E-state index >= 15 is 0 Å². The largest absolute Gasteiger partial charge is 0.465 e. The van der Waals surface area contributed by atoms with E-state index in [0.29, 0.717) is 22.9 Å². The molecule has 1 aliphatic rings. The third-order valence-electron chi connectivity index (χ3n) is 5.80. The summed E-state index contributed by atoms with van der Waals surface area (Å²) in [7, 11) is 1.26. The van der Waals surface area contributed by atoms with Crippen LogP contribution in [0.15, 0.2) is 83.5 Å². The first kappa shape index (κ1) is 25.7. The molecule has 0 bridgehead atoms. The zero-order valence-electron chi connectivity index (χ0n) is 20.4. The zero-order valence-corrected chi connectivity index (χ0v) is 21.1. The molecule has 8 nitrogen and oxygen atoms in total. The number of carbonyl (C=O) groups is 4. The number of hydrogen-bond donors (Lipinski definition) is 2. The minimum Gasteiger partial charge on any atom is -0.465 e. The Morgan fingerprint density at radius 3 is 2.16 bits per heavy atom. The fraction of sp³-hybridized carbons (Fsp3) is 0.143. The summed E-state index contributed by atoms with van der Waals surface area (Å²) in [5.74, 6) is -1.86. The first-order valence-electron chi connectivity index (χ1n) is 11.4. The summed E-state index contributed by atoms with van der Waals surface area (Å²) in [6.45, 7) is 4.19. The Kier molecular flexibility index (Phi) is 7.40. The van der Waals surface area contributed by atoms with Crippen LogP contribution in [0.4, 0.5) is 17.1 Å². The molecule has 9 heteroatoms. The molecule has 0 aromatic heterocycles. The van der Waals surface area contributed by atoms with Crippen molar-refractivity contribution in [1.82, 2.24) is 0 Å². The molecule has 0 unspecified atom stereocenters. The van der Waals surface area contributed by atoms with Crippen molar-refractivity contribution < 1.29 is 23.9 Å². The van der Waals surface area contributed by atoms with E-state index in [9.17, 15) is 19.2 Å². The number of imide groups is 1. The normalized spacial score (nSPS) is 13.3. The molecule has 0 spiro atoms. The number of carbonyl (C=O) groups excluding carboxylic acids is 4. The highest BCUT2D eigenvalue weighted by atomic mass is 35.5. The first-order valence-corrected chi connectivity index (χ1v) is 11.8. The molecule has 0 radical (unpaired) electrons. The summed E-state index contributed by atoms with van der Waals surface area (Å²) in [4.78, 5) is 51.2. The maximum atomic E-state index is 13.1. The third kappa shape index (κ3) is 5.39. The summed E-state index contributed by atoms with van der Waals surface area (Å²) in [6, 6.07) is 19.9. The van der Waals surface area contributed by atoms with Crippen molar-refractivity contribution in [3.63, 3.8) is 0 Å². The number of nitrogens with zero attached hydrogens (tertiary/aromatic N) is 1. The highest BCUT2D eigenvalue weighted by molar-refractivity contribution is 6.53. The van der Waals surface area contributed by atoms with Gasteiger partial charge in [0.1, 0.15) is 10.7 Å². The minimum absolute atomic E-state index is 0.120. The smallest absolute Gasteiger partial charge is 0.337 e. The van der Waals surface area contributed by atoms with Crippen molar-refractivity contribution in [3.8, 4) is 0 Å². The molecule has 1 aliphatic heterocycles. The molecule has 1 heterocycles. The van der Waals surface area contributed by atoms with E-state index in [-0.39, 0.29) is 27.9 Å². The van der Waals surface area contributed by atoms with Crippen molar-refractivity contribution in [3.05, 3.63) is 100 Å². The summed E-state index contributed by atoms with van der Waals surface area (Å²) in [6.07, 6.45) is 0. The molecule has 2 N–H and O–H groups in total. The van der Waals surface area contributed by atoms with Crippen LogP contribution < -0.4 is 15.5 Å². The van der Waals surface area contributed by atoms with Crippen molar-refractivity contribution in [1.29, 1.82) is 0 Å². The predicted molar refractivity (Wildman–Crippen MR) is 142 cm³/mol. The number of ether oxygens (including phenoxy) is 1. The monoisotopic (exact) mass is 517 g/mol. The summed E-state index contributed by atoms with van der Waals surface area (Å²) in [5, 5.41) is 5.43. The molecular formula is C28H24ClN3O5. The zero-order chi connectivity index (χ0) is 26.7. The lowest BCUT2D eigenvalue weighted by molar-refractivity contribution is -0.120. The van der Waals surface area contributed by atoms with E-state index in [1.807, 2.05) is 24.3 Å². The first-order chi connectivity index (χ1) is 17.7. The minimum atomic E-state index is -0.710. The van der Waals surface area contributed by atoms with Crippen LogP contribution in [-0.2, 0) is 14.3 Å². The lowest BCUT2D eigenvalue weighted by atomic mass is 10.0. The number of amides is 3. The van der Waals surface area contributed by atoms with Crippen LogP contribution in [-0.4, -0.2) is 30.8 Å². The molecule has 4 rings (SSSR count). The standard InChI is InChI=1S/C28H24ClN3O5/c1-16(2)17-7-11-20(12-8-17)31-25(33)19-5-4-6-21(15-19)30-24-23(29)26(34)32(27(24)35)22-13-9-18(10-14-22)28(36)37-3/h4-16,30H,1-3H3,(H,31,33). The number of esters is 1. The fourth-order valence-corrected chi connectivity index (χ4v) is 3.96. The Morgan fingerprint density at radius 1 is 0.865 bits per heavy atom. The molecule has 0 aliphatic carbocycles. The fourth-order valence-electron chi connectivity index (χ4n) is 3.75. The number of halogens is 1. The summed E-state index contributed by atoms with van der Waals surface area (Å²) in [5.41, 5.74) is 2.97. The lowest BCUT2D eigenvalue weighted by Crippen LogP contribution is -2.32. The van der Waals surface area contributed by atoms with Gasteiger partial charge in [-0.2, -0.15) is 0 Å². The van der Waals surface area contributed by atoms with Gasteiger partial charge < -0.3 is 15.4 Å². The van der Waals surface area contributed by atoms with Crippen LogP contribution in [0.2, 0.25) is 0 Å². The number of rotatable bonds is 7. The average Bonchev–Trinajstić information content (AvgIpc) is 3.11. The van der Waals surface area contributed by atoms with Gasteiger partial charge in [-0.3, -0.25) is 14.4 Å². The second-order valence-corrected chi connectivity index (χ2v) is 8.99. The second-order valence-electron chi connectivity index (χ2n) is 8.61. The van der Waals surface area contributed by atoms with Crippen LogP contribution >= 0.6 is 11.6 Å². The van der Waals surface area contributed by atoms with E-state index < -0.39 is 17.8 Å². The van der Waals surface area contributed by atoms with E-state index in [1.54, 1.807) is 24.3 Å². The second kappa shape index (κ2) is 10.7. The van der Waals surface area contributed by atoms with Gasteiger partial charge in [-0.05, 0) is 66.1 Å². The van der Waals surface area contributed by atoms with Gasteiger partial charge in [-0.1, -0.05) is 43.6 Å². The van der Waals surface area contributed by atoms with Gasteiger partial charge in [0.05, 0.1) is 18.4 Å². The molecular weight excluding hydrogens is 494 g/mol. The number of anilines is 3. The number of methoxy groups -OCH3 is 1. The lowest BCUT2D eigenvalue weighted by Gasteiger charge is -2.15. The van der Waals surface area contributed by atoms with Crippen LogP contribution in [0.5, 0.6) is 0 Å². The van der Waals surface area contributed by atoms with Gasteiger partial charge in [-0.15, -0.1) is 0 Å². The van der Waals surface area contributed by atoms with Gasteiger partial charge in [0.15, 0.2) is 0 Å². The predicted octanol–water partition coefficient (Wildman–Crippen LogP) is 5.28. The van der Waals surface area contributed by atoms with E-state index in [2.05, 4.69) is 29.2 Å². The number of nitrogens with one attached hydrogen (secondary N) is 2. The molecule has 3 aromatic rings. The maximum Gasteiger partial charge on any atom is 0.337 e. The van der Waals surface area contributed by atoms with Crippen LogP contribution in [0.1, 0.15) is 46.0 Å². The van der Waals surface area contributed by atoms with E-state index in [1.165, 1.54) is 36.9 Å². The Morgan fingerprint density at radius 2 is 1.54 bits per heavy atom. The summed E-state index contributed by atoms with van der Waals surface area (Å²) >= 11 is 6.22. The van der Waals surface area contributed by atoms with Gasteiger partial charge in [0.25, 0.3) is 17.7 Å².